The van der Waals surface area contributed by atoms with Crippen molar-refractivity contribution in [1.29, 1.82) is 0 Å². The van der Waals surface area contributed by atoms with Gasteiger partial charge in [0.05, 0.1) is 6.61 Å². The largest absolute Gasteiger partial charge is 0.464 e. The number of hydrogen-bond acceptors (Lipinski definition) is 3. The fourth-order valence-corrected chi connectivity index (χ4v) is 1.18. The van der Waals surface area contributed by atoms with Gasteiger partial charge >= 0.3 is 5.97 Å². The SMILES string of the molecule is CCCCCC(=O)N[C@@H](C)C(=O)OCC. The predicted molar refractivity (Wildman–Crippen MR) is 58.4 cm³/mol. The monoisotopic (exact) mass is 215 g/mol. The van der Waals surface area contributed by atoms with Crippen molar-refractivity contribution < 1.29 is 14.3 Å². The molecule has 4 nitrogen and oxygen atoms in total. The summed E-state index contributed by atoms with van der Waals surface area (Å²) in [5.74, 6) is -0.453. The summed E-state index contributed by atoms with van der Waals surface area (Å²) in [7, 11) is 0. The first-order valence-corrected chi connectivity index (χ1v) is 5.57. The maximum absolute atomic E-state index is 11.3. The highest BCUT2D eigenvalue weighted by Crippen LogP contribution is 1.99. The zero-order valence-electron chi connectivity index (χ0n) is 9.84. The van der Waals surface area contributed by atoms with Crippen molar-refractivity contribution in [3.8, 4) is 0 Å². The number of esters is 1. The molecule has 1 N–H and O–H groups in total. The Morgan fingerprint density at radius 2 is 1.93 bits per heavy atom. The van der Waals surface area contributed by atoms with Crippen LogP contribution in [0.25, 0.3) is 0 Å². The van der Waals surface area contributed by atoms with Crippen LogP contribution in [-0.2, 0) is 14.3 Å². The second-order valence-corrected chi connectivity index (χ2v) is 3.50. The van der Waals surface area contributed by atoms with Gasteiger partial charge in [-0.15, -0.1) is 0 Å². The van der Waals surface area contributed by atoms with Crippen molar-refractivity contribution in [2.75, 3.05) is 6.61 Å². The van der Waals surface area contributed by atoms with Gasteiger partial charge in [-0.3, -0.25) is 4.79 Å². The van der Waals surface area contributed by atoms with E-state index in [1.165, 1.54) is 0 Å². The fourth-order valence-electron chi connectivity index (χ4n) is 1.18. The highest BCUT2D eigenvalue weighted by molar-refractivity contribution is 5.84. The number of carbonyl (C=O) groups excluding carboxylic acids is 2. The van der Waals surface area contributed by atoms with Gasteiger partial charge in [0.15, 0.2) is 0 Å². The van der Waals surface area contributed by atoms with Crippen LogP contribution in [0.4, 0.5) is 0 Å². The minimum Gasteiger partial charge on any atom is -0.464 e. The molecule has 0 aromatic carbocycles. The van der Waals surface area contributed by atoms with Crippen LogP contribution in [0.1, 0.15) is 46.5 Å². The zero-order chi connectivity index (χ0) is 11.7. The van der Waals surface area contributed by atoms with Crippen molar-refractivity contribution >= 4 is 11.9 Å². The van der Waals surface area contributed by atoms with E-state index in [0.717, 1.165) is 19.3 Å². The molecule has 0 fully saturated rings. The molecule has 0 unspecified atom stereocenters. The number of unbranched alkanes of at least 4 members (excludes halogenated alkanes) is 2. The summed E-state index contributed by atoms with van der Waals surface area (Å²) in [6.07, 6.45) is 3.48. The second-order valence-electron chi connectivity index (χ2n) is 3.50. The summed E-state index contributed by atoms with van der Waals surface area (Å²) >= 11 is 0. The highest BCUT2D eigenvalue weighted by atomic mass is 16.5. The summed E-state index contributed by atoms with van der Waals surface area (Å²) in [4.78, 5) is 22.5. The van der Waals surface area contributed by atoms with Gasteiger partial charge in [-0.05, 0) is 20.3 Å². The summed E-state index contributed by atoms with van der Waals surface area (Å²) in [5.41, 5.74) is 0. The zero-order valence-corrected chi connectivity index (χ0v) is 9.84. The van der Waals surface area contributed by atoms with E-state index < -0.39 is 6.04 Å². The molecule has 88 valence electrons. The van der Waals surface area contributed by atoms with Gasteiger partial charge in [-0.25, -0.2) is 4.79 Å². The smallest absolute Gasteiger partial charge is 0.328 e. The molecule has 1 atom stereocenters. The Morgan fingerprint density at radius 1 is 1.27 bits per heavy atom. The van der Waals surface area contributed by atoms with Crippen LogP contribution in [-0.4, -0.2) is 24.5 Å². The molecule has 0 aromatic rings. The molecule has 0 saturated carbocycles. The Bertz CT molecular complexity index is 204. The average molecular weight is 215 g/mol. The lowest BCUT2D eigenvalue weighted by molar-refractivity contribution is -0.146. The van der Waals surface area contributed by atoms with E-state index in [1.807, 2.05) is 0 Å². The van der Waals surface area contributed by atoms with Crippen LogP contribution in [0.3, 0.4) is 0 Å². The van der Waals surface area contributed by atoms with E-state index >= 15 is 0 Å². The molecule has 0 rings (SSSR count). The Hall–Kier alpha value is -1.06. The Balaban J connectivity index is 3.70. The van der Waals surface area contributed by atoms with Gasteiger partial charge in [0.25, 0.3) is 0 Å². The van der Waals surface area contributed by atoms with E-state index in [1.54, 1.807) is 13.8 Å². The van der Waals surface area contributed by atoms with Crippen LogP contribution in [0, 0.1) is 0 Å². The molecular weight excluding hydrogens is 194 g/mol. The topological polar surface area (TPSA) is 55.4 Å². The Labute approximate surface area is 91.4 Å². The molecule has 4 heteroatoms. The maximum atomic E-state index is 11.3. The number of amides is 1. The number of carbonyl (C=O) groups is 2. The first-order chi connectivity index (χ1) is 7.11. The van der Waals surface area contributed by atoms with Crippen molar-refractivity contribution in [2.45, 2.75) is 52.5 Å². The summed E-state index contributed by atoms with van der Waals surface area (Å²) in [6.45, 7) is 5.80. The highest BCUT2D eigenvalue weighted by Gasteiger charge is 2.15. The molecule has 15 heavy (non-hydrogen) atoms. The molecule has 0 radical (unpaired) electrons. The number of ether oxygens (including phenoxy) is 1. The summed E-state index contributed by atoms with van der Waals surface area (Å²) in [6, 6.07) is -0.543. The van der Waals surface area contributed by atoms with Crippen molar-refractivity contribution in [2.24, 2.45) is 0 Å². The maximum Gasteiger partial charge on any atom is 0.328 e. The third kappa shape index (κ3) is 6.94. The van der Waals surface area contributed by atoms with Crippen molar-refractivity contribution in [3.63, 3.8) is 0 Å². The van der Waals surface area contributed by atoms with Crippen LogP contribution in [0.15, 0.2) is 0 Å². The van der Waals surface area contributed by atoms with E-state index in [-0.39, 0.29) is 11.9 Å². The fraction of sp³-hybridized carbons (Fsp3) is 0.818. The van der Waals surface area contributed by atoms with E-state index in [4.69, 9.17) is 4.74 Å². The van der Waals surface area contributed by atoms with E-state index in [0.29, 0.717) is 13.0 Å². The third-order valence-electron chi connectivity index (χ3n) is 2.03. The van der Waals surface area contributed by atoms with Crippen LogP contribution < -0.4 is 5.32 Å². The number of hydrogen-bond donors (Lipinski definition) is 1. The normalized spacial score (nSPS) is 11.9. The average Bonchev–Trinajstić information content (AvgIpc) is 2.18. The van der Waals surface area contributed by atoms with Crippen LogP contribution in [0.5, 0.6) is 0 Å². The van der Waals surface area contributed by atoms with E-state index in [2.05, 4.69) is 12.2 Å². The molecule has 0 aliphatic heterocycles. The molecule has 0 heterocycles. The lowest BCUT2D eigenvalue weighted by Gasteiger charge is -2.12. The number of rotatable bonds is 7. The molecule has 1 amide bonds. The first kappa shape index (κ1) is 13.9. The molecule has 0 bridgehead atoms. The minimum absolute atomic E-state index is 0.0796. The quantitative estimate of drug-likeness (QED) is 0.519. The summed E-state index contributed by atoms with van der Waals surface area (Å²) in [5, 5.41) is 2.61. The van der Waals surface area contributed by atoms with Crippen molar-refractivity contribution in [3.05, 3.63) is 0 Å². The molecule has 0 aromatic heterocycles. The first-order valence-electron chi connectivity index (χ1n) is 5.57. The molecular formula is C11H21NO3. The van der Waals surface area contributed by atoms with Crippen molar-refractivity contribution in [1.82, 2.24) is 5.32 Å². The standard InChI is InChI=1S/C11H21NO3/c1-4-6-7-8-10(13)12-9(3)11(14)15-5-2/h9H,4-8H2,1-3H3,(H,12,13)/t9-/m0/s1. The predicted octanol–water partition coefficient (Wildman–Crippen LogP) is 1.63. The van der Waals surface area contributed by atoms with Crippen LogP contribution in [0.2, 0.25) is 0 Å². The van der Waals surface area contributed by atoms with E-state index in [9.17, 15) is 9.59 Å². The summed E-state index contributed by atoms with van der Waals surface area (Å²) < 4.78 is 4.78. The second kappa shape index (κ2) is 8.26. The molecule has 0 saturated heterocycles. The van der Waals surface area contributed by atoms with Gasteiger partial charge in [-0.1, -0.05) is 19.8 Å². The minimum atomic E-state index is -0.543. The van der Waals surface area contributed by atoms with Gasteiger partial charge in [0.2, 0.25) is 5.91 Å². The Morgan fingerprint density at radius 3 is 2.47 bits per heavy atom. The van der Waals surface area contributed by atoms with Gasteiger partial charge in [-0.2, -0.15) is 0 Å². The molecule has 0 spiro atoms. The molecule has 0 aliphatic rings. The lowest BCUT2D eigenvalue weighted by atomic mass is 10.2. The van der Waals surface area contributed by atoms with Gasteiger partial charge in [0, 0.05) is 6.42 Å². The number of nitrogens with one attached hydrogen (secondary N) is 1. The van der Waals surface area contributed by atoms with Crippen LogP contribution >= 0.6 is 0 Å². The lowest BCUT2D eigenvalue weighted by Crippen LogP contribution is -2.39. The molecule has 0 aliphatic carbocycles. The van der Waals surface area contributed by atoms with Gasteiger partial charge < -0.3 is 10.1 Å². The third-order valence-corrected chi connectivity index (χ3v) is 2.03. The Kier molecular flexibility index (Phi) is 7.68. The van der Waals surface area contributed by atoms with Gasteiger partial charge in [0.1, 0.15) is 6.04 Å².